The van der Waals surface area contributed by atoms with Gasteiger partial charge in [-0.05, 0) is 12.1 Å². The normalized spacial score (nSPS) is 10.8. The molecule has 9 heteroatoms. The summed E-state index contributed by atoms with van der Waals surface area (Å²) in [7, 11) is 1.89. The van der Waals surface area contributed by atoms with Crippen molar-refractivity contribution in [2.24, 2.45) is 7.05 Å². The summed E-state index contributed by atoms with van der Waals surface area (Å²) in [6, 6.07) is 5.31. The number of thiazole rings is 1. The Labute approximate surface area is 157 Å². The summed E-state index contributed by atoms with van der Waals surface area (Å²) in [5, 5.41) is 6.96. The van der Waals surface area contributed by atoms with E-state index in [9.17, 15) is 4.79 Å². The first kappa shape index (κ1) is 17.3. The fraction of sp³-hybridized carbons (Fsp3) is 0.133. The molecule has 0 saturated carbocycles. The zero-order chi connectivity index (χ0) is 17.1. The first-order valence-electron chi connectivity index (χ1n) is 6.84. The molecule has 1 N–H and O–H groups in total. The first-order chi connectivity index (χ1) is 11.5. The number of halogens is 2. The second kappa shape index (κ2) is 7.57. The third-order valence-electron chi connectivity index (χ3n) is 3.08. The third-order valence-corrected chi connectivity index (χ3v) is 5.63. The molecule has 24 heavy (non-hydrogen) atoms. The number of rotatable bonds is 5. The number of hydrogen-bond donors (Lipinski definition) is 1. The van der Waals surface area contributed by atoms with Crippen molar-refractivity contribution in [3.8, 4) is 11.3 Å². The molecule has 124 valence electrons. The molecule has 0 fully saturated rings. The van der Waals surface area contributed by atoms with Crippen LogP contribution >= 0.6 is 46.3 Å². The molecule has 0 saturated heterocycles. The number of aryl methyl sites for hydroxylation is 1. The highest BCUT2D eigenvalue weighted by Gasteiger charge is 2.11. The Morgan fingerprint density at radius 3 is 2.92 bits per heavy atom. The molecule has 0 aliphatic carbocycles. The lowest BCUT2D eigenvalue weighted by atomic mass is 10.2. The summed E-state index contributed by atoms with van der Waals surface area (Å²) in [4.78, 5) is 20.6. The number of carbonyl (C=O) groups excluding carboxylic acids is 1. The van der Waals surface area contributed by atoms with Gasteiger partial charge in [0, 0.05) is 30.4 Å². The molecule has 0 unspecified atom stereocenters. The SMILES string of the molecule is Cn1ccnc1SCC(=O)Nc1nc(-c2ccc(Cl)c(Cl)c2)cs1. The molecule has 2 aromatic heterocycles. The van der Waals surface area contributed by atoms with Gasteiger partial charge in [-0.3, -0.25) is 4.79 Å². The molecule has 3 rings (SSSR count). The molecular weight excluding hydrogens is 387 g/mol. The summed E-state index contributed by atoms with van der Waals surface area (Å²) < 4.78 is 1.86. The first-order valence-corrected chi connectivity index (χ1v) is 9.46. The van der Waals surface area contributed by atoms with E-state index in [0.717, 1.165) is 16.4 Å². The van der Waals surface area contributed by atoms with Gasteiger partial charge < -0.3 is 9.88 Å². The second-order valence-electron chi connectivity index (χ2n) is 4.82. The number of aromatic nitrogens is 3. The van der Waals surface area contributed by atoms with E-state index in [1.54, 1.807) is 18.3 Å². The van der Waals surface area contributed by atoms with Crippen molar-refractivity contribution in [3.63, 3.8) is 0 Å². The molecular formula is C15H12Cl2N4OS2. The molecule has 0 radical (unpaired) electrons. The zero-order valence-electron chi connectivity index (χ0n) is 12.5. The van der Waals surface area contributed by atoms with Crippen molar-refractivity contribution >= 4 is 57.3 Å². The quantitative estimate of drug-likeness (QED) is 0.638. The molecule has 0 aliphatic rings. The van der Waals surface area contributed by atoms with Gasteiger partial charge in [-0.1, -0.05) is 41.0 Å². The van der Waals surface area contributed by atoms with Crippen molar-refractivity contribution in [1.29, 1.82) is 0 Å². The minimum absolute atomic E-state index is 0.127. The van der Waals surface area contributed by atoms with Gasteiger partial charge in [0.2, 0.25) is 5.91 Å². The minimum Gasteiger partial charge on any atom is -0.329 e. The Hall–Kier alpha value is -1.54. The predicted molar refractivity (Wildman–Crippen MR) is 100 cm³/mol. The monoisotopic (exact) mass is 398 g/mol. The van der Waals surface area contributed by atoms with Crippen LogP contribution in [0, 0.1) is 0 Å². The van der Waals surface area contributed by atoms with Gasteiger partial charge >= 0.3 is 0 Å². The Bertz CT molecular complexity index is 878. The van der Waals surface area contributed by atoms with E-state index in [1.807, 2.05) is 29.3 Å². The molecule has 5 nitrogen and oxygen atoms in total. The number of anilines is 1. The van der Waals surface area contributed by atoms with Crippen molar-refractivity contribution in [2.75, 3.05) is 11.1 Å². The lowest BCUT2D eigenvalue weighted by Gasteiger charge is -2.02. The van der Waals surface area contributed by atoms with Gasteiger partial charge in [-0.25, -0.2) is 9.97 Å². The van der Waals surface area contributed by atoms with E-state index >= 15 is 0 Å². The summed E-state index contributed by atoms with van der Waals surface area (Å²) >= 11 is 14.7. The van der Waals surface area contributed by atoms with Crippen LogP contribution in [0.25, 0.3) is 11.3 Å². The standard InChI is InChI=1S/C15H12Cl2N4OS2/c1-21-5-4-18-15(21)24-8-13(22)20-14-19-12(7-23-14)9-2-3-10(16)11(17)6-9/h2-7H,8H2,1H3,(H,19,20,22). The zero-order valence-corrected chi connectivity index (χ0v) is 15.6. The smallest absolute Gasteiger partial charge is 0.236 e. The van der Waals surface area contributed by atoms with Crippen LogP contribution in [-0.4, -0.2) is 26.2 Å². The number of nitrogens with one attached hydrogen (secondary N) is 1. The average Bonchev–Trinajstić information content (AvgIpc) is 3.17. The van der Waals surface area contributed by atoms with Crippen LogP contribution in [0.1, 0.15) is 0 Å². The van der Waals surface area contributed by atoms with Gasteiger partial charge in [0.25, 0.3) is 0 Å². The minimum atomic E-state index is -0.127. The summed E-state index contributed by atoms with van der Waals surface area (Å²) in [5.41, 5.74) is 1.59. The number of nitrogens with zero attached hydrogens (tertiary/aromatic N) is 3. The average molecular weight is 399 g/mol. The lowest BCUT2D eigenvalue weighted by molar-refractivity contribution is -0.113. The number of imidazole rings is 1. The van der Waals surface area contributed by atoms with Gasteiger partial charge in [0.05, 0.1) is 21.5 Å². The fourth-order valence-corrected chi connectivity index (χ4v) is 3.66. The van der Waals surface area contributed by atoms with Crippen LogP contribution < -0.4 is 5.32 Å². The van der Waals surface area contributed by atoms with E-state index in [-0.39, 0.29) is 11.7 Å². The summed E-state index contributed by atoms with van der Waals surface area (Å²) in [6.07, 6.45) is 3.54. The second-order valence-corrected chi connectivity index (χ2v) is 7.44. The number of carbonyl (C=O) groups is 1. The van der Waals surface area contributed by atoms with Crippen molar-refractivity contribution in [1.82, 2.24) is 14.5 Å². The van der Waals surface area contributed by atoms with E-state index < -0.39 is 0 Å². The summed E-state index contributed by atoms with van der Waals surface area (Å²) in [6.45, 7) is 0. The van der Waals surface area contributed by atoms with Crippen molar-refractivity contribution in [3.05, 3.63) is 46.0 Å². The predicted octanol–water partition coefficient (Wildman–Crippen LogP) is 4.58. The molecule has 2 heterocycles. The van der Waals surface area contributed by atoms with Crippen LogP contribution in [0.3, 0.4) is 0 Å². The van der Waals surface area contributed by atoms with E-state index in [0.29, 0.717) is 15.2 Å². The highest BCUT2D eigenvalue weighted by molar-refractivity contribution is 7.99. The Morgan fingerprint density at radius 2 is 2.21 bits per heavy atom. The Kier molecular flexibility index (Phi) is 5.45. The maximum Gasteiger partial charge on any atom is 0.236 e. The van der Waals surface area contributed by atoms with Crippen LogP contribution in [0.4, 0.5) is 5.13 Å². The van der Waals surface area contributed by atoms with Crippen LogP contribution in [0.15, 0.2) is 41.1 Å². The van der Waals surface area contributed by atoms with Crippen LogP contribution in [0.2, 0.25) is 10.0 Å². The Balaban J connectivity index is 1.62. The molecule has 1 aromatic carbocycles. The lowest BCUT2D eigenvalue weighted by Crippen LogP contribution is -2.14. The van der Waals surface area contributed by atoms with Crippen LogP contribution in [-0.2, 0) is 11.8 Å². The van der Waals surface area contributed by atoms with E-state index in [1.165, 1.54) is 23.1 Å². The maximum atomic E-state index is 12.0. The van der Waals surface area contributed by atoms with Gasteiger partial charge in [-0.15, -0.1) is 11.3 Å². The number of hydrogen-bond acceptors (Lipinski definition) is 5. The number of benzene rings is 1. The number of thioether (sulfide) groups is 1. The third kappa shape index (κ3) is 4.10. The van der Waals surface area contributed by atoms with E-state index in [4.69, 9.17) is 23.2 Å². The highest BCUT2D eigenvalue weighted by atomic mass is 35.5. The van der Waals surface area contributed by atoms with Crippen molar-refractivity contribution in [2.45, 2.75) is 5.16 Å². The fourth-order valence-electron chi connectivity index (χ4n) is 1.90. The topological polar surface area (TPSA) is 59.8 Å². The Morgan fingerprint density at radius 1 is 1.38 bits per heavy atom. The van der Waals surface area contributed by atoms with Crippen LogP contribution in [0.5, 0.6) is 0 Å². The molecule has 0 bridgehead atoms. The van der Waals surface area contributed by atoms with E-state index in [2.05, 4.69) is 15.3 Å². The summed E-state index contributed by atoms with van der Waals surface area (Å²) in [5.74, 6) is 0.144. The number of amides is 1. The molecule has 1 amide bonds. The largest absolute Gasteiger partial charge is 0.329 e. The molecule has 3 aromatic rings. The molecule has 0 atom stereocenters. The van der Waals surface area contributed by atoms with Crippen molar-refractivity contribution < 1.29 is 4.79 Å². The maximum absolute atomic E-state index is 12.0. The van der Waals surface area contributed by atoms with Gasteiger partial charge in [0.1, 0.15) is 0 Å². The van der Waals surface area contributed by atoms with Gasteiger partial charge in [-0.2, -0.15) is 0 Å². The van der Waals surface area contributed by atoms with Gasteiger partial charge in [0.15, 0.2) is 10.3 Å². The molecule has 0 aliphatic heterocycles. The highest BCUT2D eigenvalue weighted by Crippen LogP contribution is 2.30. The molecule has 0 spiro atoms.